The van der Waals surface area contributed by atoms with Crippen LogP contribution in [0, 0.1) is 29.1 Å². The number of imidazole rings is 1. The molecule has 0 radical (unpaired) electrons. The lowest BCUT2D eigenvalue weighted by Gasteiger charge is -2.44. The van der Waals surface area contributed by atoms with E-state index < -0.39 is 12.2 Å². The predicted octanol–water partition coefficient (Wildman–Crippen LogP) is 7.52. The molecule has 0 unspecified atom stereocenters. The third kappa shape index (κ3) is 6.61. The number of hydrogen-bond donors (Lipinski definition) is 3. The van der Waals surface area contributed by atoms with E-state index in [0.717, 1.165) is 61.9 Å². The van der Waals surface area contributed by atoms with E-state index >= 15 is 0 Å². The van der Waals surface area contributed by atoms with Gasteiger partial charge in [-0.3, -0.25) is 4.79 Å². The van der Waals surface area contributed by atoms with Crippen LogP contribution in [0.25, 0.3) is 0 Å². The highest BCUT2D eigenvalue weighted by Crippen LogP contribution is 2.60. The molecule has 7 atom stereocenters. The number of carbonyl (C=O) groups excluding carboxylic acids is 1. The molecule has 1 aromatic rings. The van der Waals surface area contributed by atoms with Gasteiger partial charge < -0.3 is 19.9 Å². The Morgan fingerprint density at radius 3 is 2.65 bits per heavy atom. The molecular weight excluding hydrogens is 536 g/mol. The van der Waals surface area contributed by atoms with Gasteiger partial charge in [-0.1, -0.05) is 65.3 Å². The number of hydrogen-bond acceptors (Lipinski definition) is 5. The molecule has 3 N–H and O–H groups in total. The molecule has 5 rings (SSSR count). The van der Waals surface area contributed by atoms with Crippen molar-refractivity contribution < 1.29 is 19.7 Å². The van der Waals surface area contributed by atoms with E-state index in [-0.39, 0.29) is 28.8 Å². The van der Waals surface area contributed by atoms with Crippen molar-refractivity contribution >= 4 is 5.97 Å². The van der Waals surface area contributed by atoms with Crippen molar-refractivity contribution in [1.82, 2.24) is 9.97 Å². The number of allylic oxidation sites excluding steroid dienone is 3. The summed E-state index contributed by atoms with van der Waals surface area (Å²) in [6.45, 7) is 15.1. The van der Waals surface area contributed by atoms with Gasteiger partial charge in [0.15, 0.2) is 0 Å². The van der Waals surface area contributed by atoms with E-state index in [1.165, 1.54) is 37.0 Å². The van der Waals surface area contributed by atoms with Crippen LogP contribution in [-0.2, 0) is 21.4 Å². The van der Waals surface area contributed by atoms with Crippen LogP contribution in [0.4, 0.5) is 0 Å². The minimum atomic E-state index is -0.647. The highest BCUT2D eigenvalue weighted by Gasteiger charge is 2.56. The molecule has 1 aromatic heterocycles. The summed E-state index contributed by atoms with van der Waals surface area (Å²) in [5.74, 6) is 2.51. The maximum absolute atomic E-state index is 12.9. The monoisotopic (exact) mass is 592 g/mol. The van der Waals surface area contributed by atoms with Crippen LogP contribution in [0.1, 0.15) is 123 Å². The van der Waals surface area contributed by atoms with E-state index in [0.29, 0.717) is 30.6 Å². The number of aromatic nitrogens is 2. The summed E-state index contributed by atoms with van der Waals surface area (Å²) in [6, 6.07) is 0. The van der Waals surface area contributed by atoms with Gasteiger partial charge in [0.1, 0.15) is 11.9 Å². The molecule has 0 aromatic carbocycles. The number of nitrogens with zero attached hydrogens (tertiary/aromatic N) is 1. The van der Waals surface area contributed by atoms with E-state index in [1.54, 1.807) is 0 Å². The first kappa shape index (κ1) is 32.2. The van der Waals surface area contributed by atoms with Crippen LogP contribution in [0.2, 0.25) is 0 Å². The number of fused-ring (bicyclic) bond motifs is 1. The lowest BCUT2D eigenvalue weighted by atomic mass is 9.60. The molecule has 4 fully saturated rings. The summed E-state index contributed by atoms with van der Waals surface area (Å²) in [5.41, 5.74) is 4.55. The fraction of sp³-hybridized carbons (Fsp3) is 0.730. The van der Waals surface area contributed by atoms with Crippen LogP contribution in [0.15, 0.2) is 41.6 Å². The van der Waals surface area contributed by atoms with Crippen LogP contribution in [-0.4, -0.2) is 44.5 Å². The average Bonchev–Trinajstić information content (AvgIpc) is 3.49. The Hall–Kier alpha value is -2.18. The SMILES string of the molecule is C=C1C(=CC=C2CCC[C@]3(C)[C@@H]([C@H](C)CC[C@H](OC(=O)C(C)C)C4(c5ncc(CCC)[nH]5)CC4)CC[C@@H]23)C[C@@H](O)C[C@@H]1O. The van der Waals surface area contributed by atoms with Gasteiger partial charge in [0.05, 0.1) is 23.5 Å². The maximum atomic E-state index is 12.9. The molecule has 1 heterocycles. The number of carbonyl (C=O) groups is 1. The number of aryl methyl sites for hydroxylation is 1. The van der Waals surface area contributed by atoms with Crippen LogP contribution >= 0.6 is 0 Å². The molecule has 0 bridgehead atoms. The summed E-state index contributed by atoms with van der Waals surface area (Å²) in [4.78, 5) is 21.3. The minimum absolute atomic E-state index is 0.103. The van der Waals surface area contributed by atoms with Gasteiger partial charge in [-0.2, -0.15) is 0 Å². The highest BCUT2D eigenvalue weighted by atomic mass is 16.5. The largest absolute Gasteiger partial charge is 0.461 e. The van der Waals surface area contributed by atoms with Crippen molar-refractivity contribution in [3.8, 4) is 0 Å². The quantitative estimate of drug-likeness (QED) is 0.231. The Morgan fingerprint density at radius 2 is 1.95 bits per heavy atom. The van der Waals surface area contributed by atoms with Crippen LogP contribution in [0.3, 0.4) is 0 Å². The molecule has 238 valence electrons. The topological polar surface area (TPSA) is 95.4 Å². The number of nitrogens with one attached hydrogen (secondary N) is 1. The number of aliphatic hydroxyl groups is 2. The normalized spacial score (nSPS) is 33.5. The van der Waals surface area contributed by atoms with Gasteiger partial charge in [0, 0.05) is 18.3 Å². The minimum Gasteiger partial charge on any atom is -0.461 e. The highest BCUT2D eigenvalue weighted by molar-refractivity contribution is 5.72. The van der Waals surface area contributed by atoms with E-state index in [2.05, 4.69) is 44.5 Å². The smallest absolute Gasteiger partial charge is 0.308 e. The standard InChI is InChI=1S/C37H56N2O4/c1-7-9-28-22-38-35(39-28)37(18-19-37)33(43-34(42)23(2)3)16-11-24(4)30-14-15-31-26(10-8-17-36(30,31)6)12-13-27-20-29(40)21-32(41)25(27)5/h12-13,22-24,29-33,40-41H,5,7-11,14-21H2,1-4,6H3,(H,38,39)/t24-,29-,30-,31+,32+,33+,36-/m1/s1. The van der Waals surface area contributed by atoms with Crippen LogP contribution in [0.5, 0.6) is 0 Å². The number of H-pyrrole nitrogens is 1. The van der Waals surface area contributed by atoms with Gasteiger partial charge in [-0.05, 0) is 105 Å². The van der Waals surface area contributed by atoms with Crippen molar-refractivity contribution in [2.24, 2.45) is 29.1 Å². The molecular formula is C37H56N2O4. The number of aromatic amines is 1. The second kappa shape index (κ2) is 13.0. The van der Waals surface area contributed by atoms with E-state index in [9.17, 15) is 15.0 Å². The van der Waals surface area contributed by atoms with Crippen molar-refractivity contribution in [3.05, 3.63) is 53.2 Å². The Labute approximate surface area is 259 Å². The molecule has 0 saturated heterocycles. The summed E-state index contributed by atoms with van der Waals surface area (Å²) in [5, 5.41) is 20.5. The summed E-state index contributed by atoms with van der Waals surface area (Å²) < 4.78 is 6.28. The summed E-state index contributed by atoms with van der Waals surface area (Å²) in [7, 11) is 0. The fourth-order valence-corrected chi connectivity index (χ4v) is 8.87. The van der Waals surface area contributed by atoms with Gasteiger partial charge in [0.25, 0.3) is 0 Å². The lowest BCUT2D eigenvalue weighted by Crippen LogP contribution is -2.37. The third-order valence-corrected chi connectivity index (χ3v) is 11.6. The Kier molecular flexibility index (Phi) is 9.78. The third-order valence-electron chi connectivity index (χ3n) is 11.6. The average molecular weight is 593 g/mol. The molecule has 0 amide bonds. The first-order valence-electron chi connectivity index (χ1n) is 17.2. The zero-order valence-corrected chi connectivity index (χ0v) is 27.3. The molecule has 6 nitrogen and oxygen atoms in total. The van der Waals surface area contributed by atoms with Gasteiger partial charge in [0.2, 0.25) is 0 Å². The van der Waals surface area contributed by atoms with Crippen LogP contribution < -0.4 is 0 Å². The van der Waals surface area contributed by atoms with Crippen molar-refractivity contribution in [1.29, 1.82) is 0 Å². The van der Waals surface area contributed by atoms with Gasteiger partial charge >= 0.3 is 5.97 Å². The second-order valence-electron chi connectivity index (χ2n) is 15.0. The first-order valence-corrected chi connectivity index (χ1v) is 17.2. The maximum Gasteiger partial charge on any atom is 0.308 e. The first-order chi connectivity index (χ1) is 20.5. The molecule has 0 aliphatic heterocycles. The molecule has 43 heavy (non-hydrogen) atoms. The lowest BCUT2D eigenvalue weighted by molar-refractivity contribution is -0.155. The number of esters is 1. The van der Waals surface area contributed by atoms with Crippen molar-refractivity contribution in [2.75, 3.05) is 0 Å². The van der Waals surface area contributed by atoms with Gasteiger partial charge in [-0.25, -0.2) is 4.98 Å². The van der Waals surface area contributed by atoms with Crippen molar-refractivity contribution in [3.63, 3.8) is 0 Å². The Balaban J connectivity index is 1.29. The summed E-state index contributed by atoms with van der Waals surface area (Å²) in [6.07, 6.45) is 18.1. The Morgan fingerprint density at radius 1 is 1.19 bits per heavy atom. The second-order valence-corrected chi connectivity index (χ2v) is 15.0. The molecule has 6 heteroatoms. The van der Waals surface area contributed by atoms with E-state index in [4.69, 9.17) is 9.72 Å². The molecule has 4 saturated carbocycles. The summed E-state index contributed by atoms with van der Waals surface area (Å²) >= 11 is 0. The van der Waals surface area contributed by atoms with Gasteiger partial charge in [-0.15, -0.1) is 0 Å². The fourth-order valence-electron chi connectivity index (χ4n) is 8.87. The molecule has 4 aliphatic carbocycles. The zero-order chi connectivity index (χ0) is 30.9. The van der Waals surface area contributed by atoms with E-state index in [1.807, 2.05) is 20.0 Å². The predicted molar refractivity (Wildman–Crippen MR) is 171 cm³/mol. The Bertz CT molecular complexity index is 1220. The van der Waals surface area contributed by atoms with Crippen molar-refractivity contribution in [2.45, 2.75) is 142 Å². The molecule has 0 spiro atoms. The zero-order valence-electron chi connectivity index (χ0n) is 27.3. The molecule has 4 aliphatic rings. The number of aliphatic hydroxyl groups excluding tert-OH is 2. The number of ether oxygens (including phenoxy) is 1. The number of rotatable bonds is 11.